The number of hydrogen-bond donors (Lipinski definition) is 5. The number of rotatable bonds is 40. The predicted octanol–water partition coefficient (Wildman–Crippen LogP) is 7.96. The maximum Gasteiger partial charge on any atom is 0.410 e. The summed E-state index contributed by atoms with van der Waals surface area (Å²) in [5.41, 5.74) is 6.93. The van der Waals surface area contributed by atoms with Crippen molar-refractivity contribution in [2.45, 2.75) is 195 Å². The molecule has 2 aliphatic heterocycles. The summed E-state index contributed by atoms with van der Waals surface area (Å²) >= 11 is 0. The number of urea groups is 1. The Morgan fingerprint density at radius 1 is 0.710 bits per heavy atom. The zero-order valence-corrected chi connectivity index (χ0v) is 57.4. The van der Waals surface area contributed by atoms with Gasteiger partial charge in [-0.1, -0.05) is 118 Å². The van der Waals surface area contributed by atoms with Crippen molar-refractivity contribution in [2.24, 2.45) is 53.1 Å². The smallest absolute Gasteiger partial charge is 0.410 e. The molecule has 93 heavy (non-hydrogen) atoms. The Kier molecular flexibility index (Phi) is 32.0. The molecule has 23 nitrogen and oxygen atoms in total. The highest BCUT2D eigenvalue weighted by Gasteiger charge is 2.44. The van der Waals surface area contributed by atoms with Gasteiger partial charge in [-0.15, -0.1) is 0 Å². The third-order valence-electron chi connectivity index (χ3n) is 18.2. The van der Waals surface area contributed by atoms with Crippen LogP contribution < -0.4 is 21.7 Å². The van der Waals surface area contributed by atoms with Crippen LogP contribution in [-0.4, -0.2) is 174 Å². The zero-order chi connectivity index (χ0) is 69.4. The minimum Gasteiger partial charge on any atom is -0.445 e. The second-order valence-corrected chi connectivity index (χ2v) is 26.6. The lowest BCUT2D eigenvalue weighted by molar-refractivity contribution is -0.149. The van der Waals surface area contributed by atoms with E-state index in [1.54, 1.807) is 75.9 Å². The zero-order valence-electron chi connectivity index (χ0n) is 57.4. The van der Waals surface area contributed by atoms with E-state index in [4.69, 9.17) is 19.9 Å². The molecule has 9 amide bonds. The highest BCUT2D eigenvalue weighted by atomic mass is 16.6. The molecule has 516 valence electrons. The Hall–Kier alpha value is -7.37. The number of carbonyl (C=O) groups excluding carboxylic acids is 11. The number of Topliss-reactive ketones (excluding diaryl/α,β-unsaturated/α-hetero) is 3. The molecule has 2 aliphatic rings. The average molecular weight is 1300 g/mol. The van der Waals surface area contributed by atoms with Crippen LogP contribution in [0.3, 0.4) is 0 Å². The summed E-state index contributed by atoms with van der Waals surface area (Å²) in [6.07, 6.45) is 2.71. The summed E-state index contributed by atoms with van der Waals surface area (Å²) in [4.78, 5) is 153. The molecular formula is C70H106N8O15. The van der Waals surface area contributed by atoms with E-state index in [2.05, 4.69) is 16.0 Å². The topological polar surface area (TPSA) is 311 Å². The van der Waals surface area contributed by atoms with Gasteiger partial charge >= 0.3 is 12.1 Å². The number of hydrogen-bond acceptors (Lipinski definition) is 15. The van der Waals surface area contributed by atoms with E-state index in [9.17, 15) is 57.8 Å². The van der Waals surface area contributed by atoms with Gasteiger partial charge in [0.05, 0.1) is 48.9 Å². The molecular weight excluding hydrogens is 1190 g/mol. The van der Waals surface area contributed by atoms with E-state index in [0.29, 0.717) is 56.3 Å². The summed E-state index contributed by atoms with van der Waals surface area (Å²) in [5, 5.41) is 19.2. The molecule has 0 bridgehead atoms. The number of amides is 9. The first-order chi connectivity index (χ1) is 43.9. The van der Waals surface area contributed by atoms with Crippen LogP contribution in [0.2, 0.25) is 0 Å². The van der Waals surface area contributed by atoms with Gasteiger partial charge in [-0.05, 0) is 91.4 Å². The number of ether oxygens (including phenoxy) is 3. The van der Waals surface area contributed by atoms with E-state index in [-0.39, 0.29) is 141 Å². The number of aliphatic hydroxyl groups excluding tert-OH is 1. The van der Waals surface area contributed by atoms with Gasteiger partial charge in [-0.2, -0.15) is 0 Å². The van der Waals surface area contributed by atoms with Crippen LogP contribution in [0.15, 0.2) is 66.7 Å². The van der Waals surface area contributed by atoms with E-state index >= 15 is 0 Å². The number of anilines is 1. The molecule has 0 aromatic heterocycles. The van der Waals surface area contributed by atoms with Crippen LogP contribution in [0.25, 0.3) is 0 Å². The van der Waals surface area contributed by atoms with Gasteiger partial charge in [0.15, 0.2) is 11.6 Å². The fourth-order valence-corrected chi connectivity index (χ4v) is 12.9. The third kappa shape index (κ3) is 23.3. The monoisotopic (exact) mass is 1300 g/mol. The summed E-state index contributed by atoms with van der Waals surface area (Å²) in [6.45, 7) is 19.1. The number of aliphatic hydroxyl groups is 1. The molecule has 11 atom stereocenters. The van der Waals surface area contributed by atoms with Crippen LogP contribution in [0.5, 0.6) is 0 Å². The minimum absolute atomic E-state index is 0.0602. The van der Waals surface area contributed by atoms with E-state index in [1.165, 1.54) is 31.2 Å². The maximum atomic E-state index is 14.8. The quantitative estimate of drug-likeness (QED) is 0.0312. The Bertz CT molecular complexity index is 2850. The lowest BCUT2D eigenvalue weighted by atomic mass is 9.84. The van der Waals surface area contributed by atoms with Crippen molar-refractivity contribution in [1.82, 2.24) is 30.2 Å². The van der Waals surface area contributed by atoms with Crippen LogP contribution in [-0.2, 0) is 64.0 Å². The van der Waals surface area contributed by atoms with Crippen molar-refractivity contribution in [3.63, 3.8) is 0 Å². The lowest BCUT2D eigenvalue weighted by Gasteiger charge is -2.40. The largest absolute Gasteiger partial charge is 0.445 e. The first-order valence-electron chi connectivity index (χ1n) is 33.0. The Morgan fingerprint density at radius 2 is 1.35 bits per heavy atom. The fraction of sp³-hybridized carbons (Fsp3) is 0.643. The molecule has 2 aromatic rings. The molecule has 0 radical (unpaired) electrons. The van der Waals surface area contributed by atoms with Crippen molar-refractivity contribution in [1.29, 1.82) is 0 Å². The number of methoxy groups -OCH3 is 2. The molecule has 0 aliphatic carbocycles. The fourth-order valence-electron chi connectivity index (χ4n) is 12.9. The van der Waals surface area contributed by atoms with Gasteiger partial charge in [0.25, 0.3) is 11.8 Å². The Labute approximate surface area is 550 Å². The van der Waals surface area contributed by atoms with Crippen LogP contribution >= 0.6 is 0 Å². The van der Waals surface area contributed by atoms with Gasteiger partial charge in [0.2, 0.25) is 23.6 Å². The van der Waals surface area contributed by atoms with E-state index < -0.39 is 72.2 Å². The lowest BCUT2D eigenvalue weighted by Crippen LogP contribution is -2.54. The molecule has 1 saturated heterocycles. The van der Waals surface area contributed by atoms with Crippen LogP contribution in [0, 0.1) is 47.3 Å². The molecule has 2 heterocycles. The summed E-state index contributed by atoms with van der Waals surface area (Å²) < 4.78 is 17.8. The highest BCUT2D eigenvalue weighted by molar-refractivity contribution is 6.12. The first-order valence-corrected chi connectivity index (χ1v) is 33.0. The molecule has 4 rings (SSSR count). The maximum absolute atomic E-state index is 14.8. The average Bonchev–Trinajstić information content (AvgIpc) is 1.80. The highest BCUT2D eigenvalue weighted by Crippen LogP contribution is 2.33. The Balaban J connectivity index is 1.36. The number of unbranched alkanes of at least 4 members (excludes halogenated alkanes) is 2. The van der Waals surface area contributed by atoms with Gasteiger partial charge in [0.1, 0.15) is 12.4 Å². The summed E-state index contributed by atoms with van der Waals surface area (Å²) in [6, 6.07) is 12.2. The molecule has 23 heteroatoms. The van der Waals surface area contributed by atoms with Crippen LogP contribution in [0.4, 0.5) is 15.3 Å². The van der Waals surface area contributed by atoms with E-state index in [1.807, 2.05) is 71.9 Å². The molecule has 1 unspecified atom stereocenters. The molecule has 0 spiro atoms. The second-order valence-electron chi connectivity index (χ2n) is 26.6. The second kappa shape index (κ2) is 38.1. The predicted molar refractivity (Wildman–Crippen MR) is 352 cm³/mol. The molecule has 6 N–H and O–H groups in total. The SMILES string of the molecule is COC([C@@H](C)C(=O)C[C@H](C)[C@@H](O)c1ccccc1)[C@@H]1CCCN1C(=O)C[C@@H](OC)[C@H](C(C)C)N(C)C(=O)[C@@H](CC(=O)[C@H](C(C)C)N(C)C(=O)OCc1ccc(NC(=O)[C@H](CCCNC(N)=O)CC(=O)[C@@H](NC(=O)CCCCCN2C(=O)C=CC2=O)C(C)C)cc1)C(C)C. The number of likely N-dealkylation sites (tertiary alicyclic amines) is 1. The number of carbonyl (C=O) groups is 11. The van der Waals surface area contributed by atoms with Crippen molar-refractivity contribution >= 4 is 70.6 Å². The van der Waals surface area contributed by atoms with Gasteiger partial charge < -0.3 is 55.7 Å². The van der Waals surface area contributed by atoms with Crippen molar-refractivity contribution in [2.75, 3.05) is 53.3 Å². The standard InChI is InChI=1S/C70H106N8O15/c1-42(2)52(68(88)75(11)64(45(7)8)57(91-13)40-61(85)77-36-22-26-53(77)66(92-14)47(10)54(79)37-46(9)65(86)49-23-17-15-18-24-49)39-56(81)63(44(5)6)76(12)70(90)93-41-48-28-30-51(31-29-48)73-67(87)50(25-21-34-72-69(71)89)38-55(80)62(43(3)4)74-58(82)27-19-16-20-35-78-59(83)32-33-60(78)84/h15,17-18,23-24,28-33,42-47,50,52-53,57,62-66,86H,16,19-22,25-27,34-41H2,1-14H3,(H,73,87)(H,74,82)(H3,71,72,89)/t46-,47-,50+,52-,53-,57+,62-,63-,64-,65+,66?/m0/s1. The number of nitrogens with zero attached hydrogens (tertiary/aromatic N) is 4. The number of imide groups is 1. The van der Waals surface area contributed by atoms with Gasteiger partial charge in [-0.25, -0.2) is 9.59 Å². The van der Waals surface area contributed by atoms with Crippen LogP contribution in [0.1, 0.15) is 164 Å². The van der Waals surface area contributed by atoms with Gasteiger partial charge in [-0.3, -0.25) is 48.1 Å². The molecule has 2 aromatic carbocycles. The number of ketones is 3. The number of primary amides is 1. The Morgan fingerprint density at radius 3 is 1.92 bits per heavy atom. The van der Waals surface area contributed by atoms with Crippen molar-refractivity contribution in [3.05, 3.63) is 77.9 Å². The molecule has 0 saturated carbocycles. The number of benzene rings is 2. The summed E-state index contributed by atoms with van der Waals surface area (Å²) in [5.74, 6) is -6.58. The van der Waals surface area contributed by atoms with Crippen molar-refractivity contribution in [3.8, 4) is 0 Å². The number of nitrogens with one attached hydrogen (secondary N) is 3. The minimum atomic E-state index is -0.966. The first kappa shape index (κ1) is 78.1. The number of likely N-dealkylation sites (N-methyl/N-ethyl adjacent to an activating group) is 2. The van der Waals surface area contributed by atoms with E-state index in [0.717, 1.165) is 10.5 Å². The summed E-state index contributed by atoms with van der Waals surface area (Å²) in [7, 11) is 6.20. The van der Waals surface area contributed by atoms with Crippen molar-refractivity contribution < 1.29 is 72.1 Å². The van der Waals surface area contributed by atoms with Gasteiger partial charge in [0, 0.05) is 109 Å². The normalized spacial score (nSPS) is 17.3. The molecule has 1 fully saturated rings. The number of nitrogens with two attached hydrogens (primary N) is 1. The third-order valence-corrected chi connectivity index (χ3v) is 18.2.